The number of carbonyl (C=O) groups excluding carboxylic acids is 1. The zero-order valence-corrected chi connectivity index (χ0v) is 13.8. The number of amides is 1. The van der Waals surface area contributed by atoms with Crippen LogP contribution in [-0.4, -0.2) is 27.6 Å². The Morgan fingerprint density at radius 3 is 3.08 bits per heavy atom. The minimum absolute atomic E-state index is 0.132. The van der Waals surface area contributed by atoms with Crippen LogP contribution in [0.4, 0.5) is 10.1 Å². The molecule has 128 valence electrons. The molecule has 6 nitrogen and oxygen atoms in total. The maximum absolute atomic E-state index is 13.8. The van der Waals surface area contributed by atoms with Gasteiger partial charge in [-0.1, -0.05) is 0 Å². The van der Waals surface area contributed by atoms with Crippen LogP contribution in [0.2, 0.25) is 0 Å². The van der Waals surface area contributed by atoms with Gasteiger partial charge < -0.3 is 19.6 Å². The number of nitrogens with one attached hydrogen (secondary N) is 2. The zero-order chi connectivity index (χ0) is 17.6. The number of methoxy groups -OCH3 is 1. The smallest absolute Gasteiger partial charge is 0.257 e. The van der Waals surface area contributed by atoms with Gasteiger partial charge in [0.15, 0.2) is 11.6 Å². The quantitative estimate of drug-likeness (QED) is 0.768. The Hall–Kier alpha value is -3.09. The molecular formula is C18H17FN4O2. The summed E-state index contributed by atoms with van der Waals surface area (Å²) in [7, 11) is 1.39. The SMILES string of the molecule is COc1ccc(NC(=O)c2c[nH]c3c2-c2nccn2C(C)C3)cc1F. The summed E-state index contributed by atoms with van der Waals surface area (Å²) < 4.78 is 20.8. The molecule has 0 fully saturated rings. The van der Waals surface area contributed by atoms with E-state index >= 15 is 0 Å². The molecule has 25 heavy (non-hydrogen) atoms. The van der Waals surface area contributed by atoms with Crippen LogP contribution < -0.4 is 10.1 Å². The molecule has 2 aromatic heterocycles. The molecule has 1 amide bonds. The van der Waals surface area contributed by atoms with Crippen LogP contribution in [0.25, 0.3) is 11.4 Å². The Bertz CT molecular complexity index is 960. The number of hydrogen-bond acceptors (Lipinski definition) is 3. The zero-order valence-electron chi connectivity index (χ0n) is 13.8. The monoisotopic (exact) mass is 340 g/mol. The summed E-state index contributed by atoms with van der Waals surface area (Å²) in [5.41, 5.74) is 2.64. The standard InChI is InChI=1S/C18H17FN4O2/c1-10-7-14-16(17-20-5-6-23(10)17)12(9-21-14)18(24)22-11-3-4-15(25-2)13(19)8-11/h3-6,8-10,21H,7H2,1-2H3,(H,22,24). The van der Waals surface area contributed by atoms with Crippen molar-refractivity contribution in [3.8, 4) is 17.1 Å². The molecule has 1 aliphatic rings. The molecule has 1 atom stereocenters. The number of aromatic amines is 1. The van der Waals surface area contributed by atoms with Crippen LogP contribution in [-0.2, 0) is 6.42 Å². The minimum atomic E-state index is -0.527. The molecule has 0 aliphatic carbocycles. The van der Waals surface area contributed by atoms with Gasteiger partial charge >= 0.3 is 0 Å². The molecule has 3 aromatic rings. The predicted molar refractivity (Wildman–Crippen MR) is 91.3 cm³/mol. The van der Waals surface area contributed by atoms with Crippen molar-refractivity contribution >= 4 is 11.6 Å². The fraction of sp³-hybridized carbons (Fsp3) is 0.222. The van der Waals surface area contributed by atoms with E-state index in [0.29, 0.717) is 11.3 Å². The van der Waals surface area contributed by atoms with E-state index in [4.69, 9.17) is 4.74 Å². The molecule has 1 aliphatic heterocycles. The highest BCUT2D eigenvalue weighted by Crippen LogP contribution is 2.35. The summed E-state index contributed by atoms with van der Waals surface area (Å²) in [4.78, 5) is 20.3. The number of anilines is 1. The maximum atomic E-state index is 13.8. The van der Waals surface area contributed by atoms with Gasteiger partial charge in [0, 0.05) is 48.5 Å². The summed E-state index contributed by atoms with van der Waals surface area (Å²) in [6.45, 7) is 2.11. The predicted octanol–water partition coefficient (Wildman–Crippen LogP) is 3.40. The van der Waals surface area contributed by atoms with Gasteiger partial charge in [0.05, 0.1) is 18.2 Å². The van der Waals surface area contributed by atoms with E-state index in [-0.39, 0.29) is 17.7 Å². The van der Waals surface area contributed by atoms with Crippen LogP contribution in [0, 0.1) is 5.82 Å². The second-order valence-electron chi connectivity index (χ2n) is 6.07. The average molecular weight is 340 g/mol. The number of imidazole rings is 1. The van der Waals surface area contributed by atoms with E-state index in [2.05, 4.69) is 26.8 Å². The van der Waals surface area contributed by atoms with E-state index in [9.17, 15) is 9.18 Å². The lowest BCUT2D eigenvalue weighted by molar-refractivity contribution is 0.102. The van der Waals surface area contributed by atoms with Crippen LogP contribution >= 0.6 is 0 Å². The molecule has 0 saturated carbocycles. The lowest BCUT2D eigenvalue weighted by Crippen LogP contribution is -2.18. The van der Waals surface area contributed by atoms with E-state index in [1.165, 1.54) is 19.2 Å². The van der Waals surface area contributed by atoms with Gasteiger partial charge in [0.2, 0.25) is 0 Å². The highest BCUT2D eigenvalue weighted by molar-refractivity contribution is 6.08. The third-order valence-electron chi connectivity index (χ3n) is 4.48. The van der Waals surface area contributed by atoms with E-state index < -0.39 is 5.82 Å². The fourth-order valence-corrected chi connectivity index (χ4v) is 3.26. The number of carbonyl (C=O) groups is 1. The number of H-pyrrole nitrogens is 1. The van der Waals surface area contributed by atoms with Gasteiger partial charge in [-0.3, -0.25) is 4.79 Å². The van der Waals surface area contributed by atoms with Gasteiger partial charge in [-0.15, -0.1) is 0 Å². The molecule has 2 N–H and O–H groups in total. The Morgan fingerprint density at radius 2 is 2.32 bits per heavy atom. The van der Waals surface area contributed by atoms with Gasteiger partial charge in [-0.25, -0.2) is 9.37 Å². The van der Waals surface area contributed by atoms with E-state index in [1.54, 1.807) is 18.5 Å². The number of aromatic nitrogens is 3. The molecule has 3 heterocycles. The molecule has 0 saturated heterocycles. The molecule has 0 bridgehead atoms. The molecule has 0 radical (unpaired) electrons. The van der Waals surface area contributed by atoms with E-state index in [0.717, 1.165) is 23.5 Å². The number of rotatable bonds is 3. The minimum Gasteiger partial charge on any atom is -0.494 e. The molecular weight excluding hydrogens is 323 g/mol. The normalized spacial score (nSPS) is 15.4. The summed E-state index contributed by atoms with van der Waals surface area (Å²) >= 11 is 0. The maximum Gasteiger partial charge on any atom is 0.257 e. The first kappa shape index (κ1) is 15.4. The number of nitrogens with zero attached hydrogens (tertiary/aromatic N) is 2. The van der Waals surface area contributed by atoms with Crippen molar-refractivity contribution < 1.29 is 13.9 Å². The first-order valence-corrected chi connectivity index (χ1v) is 7.97. The van der Waals surface area contributed by atoms with Crippen LogP contribution in [0.1, 0.15) is 29.0 Å². The van der Waals surface area contributed by atoms with Crippen molar-refractivity contribution in [3.05, 3.63) is 53.9 Å². The third kappa shape index (κ3) is 2.48. The highest BCUT2D eigenvalue weighted by atomic mass is 19.1. The fourth-order valence-electron chi connectivity index (χ4n) is 3.26. The lowest BCUT2D eigenvalue weighted by Gasteiger charge is -2.22. The summed E-state index contributed by atoms with van der Waals surface area (Å²) in [6, 6.07) is 4.59. The Morgan fingerprint density at radius 1 is 1.48 bits per heavy atom. The van der Waals surface area contributed by atoms with E-state index in [1.807, 2.05) is 6.20 Å². The molecule has 1 unspecified atom stereocenters. The number of halogens is 1. The molecule has 1 aromatic carbocycles. The third-order valence-corrected chi connectivity index (χ3v) is 4.48. The van der Waals surface area contributed by atoms with Crippen molar-refractivity contribution in [2.45, 2.75) is 19.4 Å². The lowest BCUT2D eigenvalue weighted by atomic mass is 10.0. The van der Waals surface area contributed by atoms with Crippen molar-refractivity contribution in [1.82, 2.24) is 14.5 Å². The summed E-state index contributed by atoms with van der Waals surface area (Å²) in [6.07, 6.45) is 6.12. The Kier molecular flexibility index (Phi) is 3.56. The summed E-state index contributed by atoms with van der Waals surface area (Å²) in [5.74, 6) is 0.0565. The largest absolute Gasteiger partial charge is 0.494 e. The average Bonchev–Trinajstić information content (AvgIpc) is 3.21. The van der Waals surface area contributed by atoms with Crippen molar-refractivity contribution in [2.75, 3.05) is 12.4 Å². The highest BCUT2D eigenvalue weighted by Gasteiger charge is 2.28. The van der Waals surface area contributed by atoms with Crippen LogP contribution in [0.5, 0.6) is 5.75 Å². The second kappa shape index (κ2) is 5.77. The molecule has 4 rings (SSSR count). The Balaban J connectivity index is 1.66. The van der Waals surface area contributed by atoms with Gasteiger partial charge in [0.1, 0.15) is 5.82 Å². The van der Waals surface area contributed by atoms with Crippen LogP contribution in [0.3, 0.4) is 0 Å². The van der Waals surface area contributed by atoms with Crippen molar-refractivity contribution in [3.63, 3.8) is 0 Å². The van der Waals surface area contributed by atoms with Crippen molar-refractivity contribution in [2.24, 2.45) is 0 Å². The van der Waals surface area contributed by atoms with Gasteiger partial charge in [-0.05, 0) is 19.1 Å². The number of ether oxygens (including phenoxy) is 1. The molecule has 7 heteroatoms. The first-order valence-electron chi connectivity index (χ1n) is 7.97. The van der Waals surface area contributed by atoms with Gasteiger partial charge in [0.25, 0.3) is 5.91 Å². The number of benzene rings is 1. The topological polar surface area (TPSA) is 71.9 Å². The first-order chi connectivity index (χ1) is 12.1. The molecule has 0 spiro atoms. The Labute approximate surface area is 143 Å². The second-order valence-corrected chi connectivity index (χ2v) is 6.07. The summed E-state index contributed by atoms with van der Waals surface area (Å²) in [5, 5.41) is 2.73. The number of hydrogen-bond donors (Lipinski definition) is 2. The van der Waals surface area contributed by atoms with Gasteiger partial charge in [-0.2, -0.15) is 0 Å². The van der Waals surface area contributed by atoms with Crippen molar-refractivity contribution in [1.29, 1.82) is 0 Å². The van der Waals surface area contributed by atoms with Crippen LogP contribution in [0.15, 0.2) is 36.8 Å². The number of fused-ring (bicyclic) bond motifs is 3.